The van der Waals surface area contributed by atoms with Crippen molar-refractivity contribution in [3.8, 4) is 23.7 Å². The molecule has 2 aromatic rings. The Kier molecular flexibility index (Phi) is 6.61. The molecule has 0 N–H and O–H groups in total. The van der Waals surface area contributed by atoms with Crippen LogP contribution in [-0.4, -0.2) is 46.5 Å². The standard InChI is InChI=1S/C28H24N2O4/c1-3-9-19-11-13-21-23(17-19)27(33)29(25(21)31)15-7-5-6-8-16-30-26(32)22-14-12-20(10-4-2)18-24(22)28(30)34/h11-14,17-18H,5-8,15-16H2,1-2H3. The first-order valence-electron chi connectivity index (χ1n) is 11.3. The van der Waals surface area contributed by atoms with Crippen molar-refractivity contribution in [2.45, 2.75) is 39.5 Å². The molecular weight excluding hydrogens is 428 g/mol. The minimum Gasteiger partial charge on any atom is -0.274 e. The summed E-state index contributed by atoms with van der Waals surface area (Å²) in [5, 5.41) is 0. The Hall–Kier alpha value is -4.16. The molecule has 34 heavy (non-hydrogen) atoms. The van der Waals surface area contributed by atoms with Crippen molar-refractivity contribution >= 4 is 23.6 Å². The largest absolute Gasteiger partial charge is 0.274 e. The van der Waals surface area contributed by atoms with Crippen LogP contribution in [0.5, 0.6) is 0 Å². The summed E-state index contributed by atoms with van der Waals surface area (Å²) in [7, 11) is 0. The van der Waals surface area contributed by atoms with Crippen molar-refractivity contribution in [2.24, 2.45) is 0 Å². The summed E-state index contributed by atoms with van der Waals surface area (Å²) in [6.45, 7) is 4.13. The molecule has 0 aromatic heterocycles. The number of fused-ring (bicyclic) bond motifs is 2. The number of benzene rings is 2. The molecule has 0 spiro atoms. The van der Waals surface area contributed by atoms with Gasteiger partial charge in [0, 0.05) is 24.2 Å². The second kappa shape index (κ2) is 9.77. The maximum absolute atomic E-state index is 12.7. The molecule has 6 nitrogen and oxygen atoms in total. The molecule has 0 radical (unpaired) electrons. The van der Waals surface area contributed by atoms with Gasteiger partial charge in [0.1, 0.15) is 0 Å². The maximum atomic E-state index is 12.7. The molecule has 2 aliphatic rings. The fraction of sp³-hybridized carbons (Fsp3) is 0.286. The molecule has 0 atom stereocenters. The highest BCUT2D eigenvalue weighted by Crippen LogP contribution is 2.26. The number of hydrogen-bond donors (Lipinski definition) is 0. The lowest BCUT2D eigenvalue weighted by molar-refractivity contribution is 0.0630. The minimum absolute atomic E-state index is 0.269. The summed E-state index contributed by atoms with van der Waals surface area (Å²) in [6.07, 6.45) is 2.88. The summed E-state index contributed by atoms with van der Waals surface area (Å²) in [6, 6.07) is 10.2. The van der Waals surface area contributed by atoms with Crippen molar-refractivity contribution in [3.05, 3.63) is 69.8 Å². The molecular formula is C28H24N2O4. The Labute approximate surface area is 198 Å². The number of carbonyl (C=O) groups excluding carboxylic acids is 4. The first kappa shape index (κ1) is 23.0. The average Bonchev–Trinajstić information content (AvgIpc) is 3.21. The molecule has 6 heteroatoms. The first-order chi connectivity index (χ1) is 16.5. The van der Waals surface area contributed by atoms with Gasteiger partial charge in [0.05, 0.1) is 22.3 Å². The summed E-state index contributed by atoms with van der Waals surface area (Å²) in [5.41, 5.74) is 3.09. The van der Waals surface area contributed by atoms with Crippen molar-refractivity contribution in [3.63, 3.8) is 0 Å². The van der Waals surface area contributed by atoms with E-state index in [1.807, 2.05) is 0 Å². The van der Waals surface area contributed by atoms with E-state index in [2.05, 4.69) is 23.7 Å². The van der Waals surface area contributed by atoms with Gasteiger partial charge in [0.2, 0.25) is 0 Å². The molecule has 170 valence electrons. The second-order valence-corrected chi connectivity index (χ2v) is 8.21. The van der Waals surface area contributed by atoms with Gasteiger partial charge in [-0.1, -0.05) is 24.7 Å². The highest BCUT2D eigenvalue weighted by atomic mass is 16.2. The monoisotopic (exact) mass is 452 g/mol. The van der Waals surface area contributed by atoms with Crippen LogP contribution in [0.4, 0.5) is 0 Å². The summed E-state index contributed by atoms with van der Waals surface area (Å²) in [4.78, 5) is 53.1. The zero-order chi connectivity index (χ0) is 24.2. The van der Waals surface area contributed by atoms with Crippen LogP contribution in [0.1, 0.15) is 92.1 Å². The van der Waals surface area contributed by atoms with Gasteiger partial charge in [0.25, 0.3) is 23.6 Å². The van der Waals surface area contributed by atoms with E-state index in [0.29, 0.717) is 59.3 Å². The van der Waals surface area contributed by atoms with Crippen molar-refractivity contribution in [2.75, 3.05) is 13.1 Å². The van der Waals surface area contributed by atoms with Crippen LogP contribution in [0.3, 0.4) is 0 Å². The molecule has 4 amide bonds. The normalized spacial score (nSPS) is 13.9. The number of amides is 4. The van der Waals surface area contributed by atoms with E-state index in [1.54, 1.807) is 50.2 Å². The van der Waals surface area contributed by atoms with E-state index >= 15 is 0 Å². The average molecular weight is 453 g/mol. The van der Waals surface area contributed by atoms with Crippen LogP contribution in [0.15, 0.2) is 36.4 Å². The van der Waals surface area contributed by atoms with Gasteiger partial charge in [-0.2, -0.15) is 0 Å². The number of imide groups is 2. The molecule has 2 aliphatic heterocycles. The Morgan fingerprint density at radius 1 is 0.559 bits per heavy atom. The number of hydrogen-bond acceptors (Lipinski definition) is 4. The van der Waals surface area contributed by atoms with Crippen LogP contribution in [-0.2, 0) is 0 Å². The molecule has 0 fully saturated rings. The fourth-order valence-electron chi connectivity index (χ4n) is 4.33. The van der Waals surface area contributed by atoms with Crippen molar-refractivity contribution in [1.29, 1.82) is 0 Å². The zero-order valence-corrected chi connectivity index (χ0v) is 19.2. The number of rotatable bonds is 7. The van der Waals surface area contributed by atoms with Crippen molar-refractivity contribution in [1.82, 2.24) is 9.80 Å². The van der Waals surface area contributed by atoms with Gasteiger partial charge in [-0.15, -0.1) is 11.8 Å². The number of nitrogens with zero attached hydrogens (tertiary/aromatic N) is 2. The summed E-state index contributed by atoms with van der Waals surface area (Å²) in [5.74, 6) is 10.3. The summed E-state index contributed by atoms with van der Waals surface area (Å²) < 4.78 is 0. The van der Waals surface area contributed by atoms with Crippen molar-refractivity contribution < 1.29 is 19.2 Å². The first-order valence-corrected chi connectivity index (χ1v) is 11.3. The molecule has 4 rings (SSSR count). The number of carbonyl (C=O) groups is 4. The van der Waals surface area contributed by atoms with E-state index < -0.39 is 0 Å². The summed E-state index contributed by atoms with van der Waals surface area (Å²) >= 11 is 0. The maximum Gasteiger partial charge on any atom is 0.261 e. The van der Waals surface area contributed by atoms with Gasteiger partial charge >= 0.3 is 0 Å². The second-order valence-electron chi connectivity index (χ2n) is 8.21. The number of unbranched alkanes of at least 4 members (excludes halogenated alkanes) is 3. The van der Waals surface area contributed by atoms with E-state index in [-0.39, 0.29) is 23.6 Å². The van der Waals surface area contributed by atoms with Crippen LogP contribution >= 0.6 is 0 Å². The zero-order valence-electron chi connectivity index (χ0n) is 19.2. The molecule has 0 unspecified atom stereocenters. The van der Waals surface area contributed by atoms with E-state index in [0.717, 1.165) is 12.8 Å². The van der Waals surface area contributed by atoms with Gasteiger partial charge in [-0.25, -0.2) is 0 Å². The SMILES string of the molecule is CC#Cc1ccc2c(c1)C(=O)N(CCCCCCN1C(=O)c3ccc(C#CC)cc3C1=O)C2=O. The molecule has 0 bridgehead atoms. The smallest absolute Gasteiger partial charge is 0.261 e. The fourth-order valence-corrected chi connectivity index (χ4v) is 4.33. The predicted molar refractivity (Wildman–Crippen MR) is 127 cm³/mol. The third-order valence-corrected chi connectivity index (χ3v) is 5.99. The van der Waals surface area contributed by atoms with E-state index in [4.69, 9.17) is 0 Å². The topological polar surface area (TPSA) is 74.8 Å². The highest BCUT2D eigenvalue weighted by molar-refractivity contribution is 6.22. The molecule has 2 heterocycles. The minimum atomic E-state index is -0.280. The Bertz CT molecular complexity index is 1230. The van der Waals surface area contributed by atoms with Gasteiger partial charge in [-0.05, 0) is 63.1 Å². The quantitative estimate of drug-likeness (QED) is 0.363. The highest BCUT2D eigenvalue weighted by Gasteiger charge is 2.36. The predicted octanol–water partition coefficient (Wildman–Crippen LogP) is 3.88. The van der Waals surface area contributed by atoms with E-state index in [1.165, 1.54) is 9.80 Å². The Morgan fingerprint density at radius 2 is 0.941 bits per heavy atom. The van der Waals surface area contributed by atoms with Gasteiger partial charge in [-0.3, -0.25) is 29.0 Å². The van der Waals surface area contributed by atoms with Crippen LogP contribution in [0.25, 0.3) is 0 Å². The molecule has 0 saturated heterocycles. The van der Waals surface area contributed by atoms with Gasteiger partial charge < -0.3 is 0 Å². The van der Waals surface area contributed by atoms with Crippen LogP contribution < -0.4 is 0 Å². The van der Waals surface area contributed by atoms with E-state index in [9.17, 15) is 19.2 Å². The van der Waals surface area contributed by atoms with Crippen LogP contribution in [0.2, 0.25) is 0 Å². The lowest BCUT2D eigenvalue weighted by atomic mass is 10.1. The Morgan fingerprint density at radius 3 is 1.32 bits per heavy atom. The third-order valence-electron chi connectivity index (χ3n) is 5.99. The molecule has 2 aromatic carbocycles. The lowest BCUT2D eigenvalue weighted by Crippen LogP contribution is -2.31. The molecule has 0 saturated carbocycles. The van der Waals surface area contributed by atoms with Crippen LogP contribution in [0, 0.1) is 23.7 Å². The molecule has 0 aliphatic carbocycles. The lowest BCUT2D eigenvalue weighted by Gasteiger charge is -2.15. The Balaban J connectivity index is 1.25. The van der Waals surface area contributed by atoms with Gasteiger partial charge in [0.15, 0.2) is 0 Å². The third kappa shape index (κ3) is 4.23.